The van der Waals surface area contributed by atoms with Crippen molar-refractivity contribution < 1.29 is 4.52 Å². The van der Waals surface area contributed by atoms with Gasteiger partial charge in [-0.05, 0) is 12.3 Å². The van der Waals surface area contributed by atoms with Crippen molar-refractivity contribution in [1.82, 2.24) is 5.16 Å². The molecule has 0 amide bonds. The van der Waals surface area contributed by atoms with Crippen LogP contribution in [0.1, 0.15) is 25.0 Å². The van der Waals surface area contributed by atoms with Crippen molar-refractivity contribution in [3.63, 3.8) is 0 Å². The average molecular weight is 138 g/mol. The molecular weight excluding hydrogens is 128 g/mol. The molecule has 1 aromatic rings. The van der Waals surface area contributed by atoms with Gasteiger partial charge in [0.05, 0.1) is 5.69 Å². The number of aromatic nitrogens is 1. The van der Waals surface area contributed by atoms with Crippen molar-refractivity contribution in [2.24, 2.45) is 5.92 Å². The van der Waals surface area contributed by atoms with Crippen LogP contribution < -0.4 is 5.73 Å². The standard InChI is InChI=1S/C7H10N2O/c1-4-2-5(4)6-3-7(8)10-9-6/h3-5H,2,8H2,1H3/t4-,5+/m0/s1. The minimum atomic E-state index is 0.425. The summed E-state index contributed by atoms with van der Waals surface area (Å²) in [5.74, 6) is 1.81. The van der Waals surface area contributed by atoms with Crippen molar-refractivity contribution >= 4 is 5.88 Å². The van der Waals surface area contributed by atoms with Gasteiger partial charge in [-0.1, -0.05) is 12.1 Å². The average Bonchev–Trinajstić information content (AvgIpc) is 2.42. The van der Waals surface area contributed by atoms with Gasteiger partial charge >= 0.3 is 0 Å². The van der Waals surface area contributed by atoms with Gasteiger partial charge in [0.15, 0.2) is 0 Å². The van der Waals surface area contributed by atoms with Crippen LogP contribution in [0.5, 0.6) is 0 Å². The van der Waals surface area contributed by atoms with Crippen molar-refractivity contribution in [2.75, 3.05) is 5.73 Å². The zero-order chi connectivity index (χ0) is 7.14. The van der Waals surface area contributed by atoms with Crippen molar-refractivity contribution in [3.8, 4) is 0 Å². The highest BCUT2D eigenvalue weighted by Crippen LogP contribution is 2.46. The summed E-state index contributed by atoms with van der Waals surface area (Å²) in [7, 11) is 0. The molecule has 0 aromatic carbocycles. The molecule has 1 aromatic heterocycles. The molecule has 1 heterocycles. The van der Waals surface area contributed by atoms with Crippen LogP contribution >= 0.6 is 0 Å². The van der Waals surface area contributed by atoms with Crippen LogP contribution in [0, 0.1) is 5.92 Å². The number of rotatable bonds is 1. The first-order chi connectivity index (χ1) is 4.77. The largest absolute Gasteiger partial charge is 0.368 e. The smallest absolute Gasteiger partial charge is 0.222 e. The Labute approximate surface area is 59.2 Å². The topological polar surface area (TPSA) is 52.0 Å². The Morgan fingerprint density at radius 1 is 1.80 bits per heavy atom. The lowest BCUT2D eigenvalue weighted by atomic mass is 10.2. The SMILES string of the molecule is C[C@H]1C[C@H]1c1cc(N)on1. The van der Waals surface area contributed by atoms with Crippen LogP contribution in [0.4, 0.5) is 5.88 Å². The molecule has 0 aliphatic heterocycles. The van der Waals surface area contributed by atoms with Crippen LogP contribution in [0.3, 0.4) is 0 Å². The van der Waals surface area contributed by atoms with Crippen LogP contribution in [-0.4, -0.2) is 5.16 Å². The van der Waals surface area contributed by atoms with Crippen LogP contribution in [-0.2, 0) is 0 Å². The summed E-state index contributed by atoms with van der Waals surface area (Å²) < 4.78 is 4.74. The molecule has 0 bridgehead atoms. The maximum atomic E-state index is 5.36. The number of anilines is 1. The van der Waals surface area contributed by atoms with Gasteiger partial charge in [-0.2, -0.15) is 0 Å². The highest BCUT2D eigenvalue weighted by atomic mass is 16.5. The zero-order valence-electron chi connectivity index (χ0n) is 5.87. The van der Waals surface area contributed by atoms with E-state index in [-0.39, 0.29) is 0 Å². The molecule has 2 rings (SSSR count). The van der Waals surface area contributed by atoms with E-state index in [0.717, 1.165) is 11.6 Å². The zero-order valence-corrected chi connectivity index (χ0v) is 5.87. The third-order valence-corrected chi connectivity index (χ3v) is 2.04. The van der Waals surface area contributed by atoms with Crippen LogP contribution in [0.15, 0.2) is 10.6 Å². The third-order valence-electron chi connectivity index (χ3n) is 2.04. The molecule has 0 spiro atoms. The second kappa shape index (κ2) is 1.75. The van der Waals surface area contributed by atoms with Gasteiger partial charge in [0.1, 0.15) is 0 Å². The Bertz CT molecular complexity index is 244. The van der Waals surface area contributed by atoms with Gasteiger partial charge < -0.3 is 10.3 Å². The van der Waals surface area contributed by atoms with E-state index in [9.17, 15) is 0 Å². The molecule has 1 aliphatic carbocycles. The first kappa shape index (κ1) is 5.77. The molecule has 10 heavy (non-hydrogen) atoms. The third kappa shape index (κ3) is 0.781. The highest BCUT2D eigenvalue weighted by molar-refractivity contribution is 5.29. The lowest BCUT2D eigenvalue weighted by Crippen LogP contribution is -1.79. The van der Waals surface area contributed by atoms with Crippen molar-refractivity contribution in [3.05, 3.63) is 11.8 Å². The van der Waals surface area contributed by atoms with E-state index >= 15 is 0 Å². The van der Waals surface area contributed by atoms with E-state index in [4.69, 9.17) is 10.3 Å². The van der Waals surface area contributed by atoms with Crippen molar-refractivity contribution in [1.29, 1.82) is 0 Å². The van der Waals surface area contributed by atoms with E-state index in [1.54, 1.807) is 0 Å². The summed E-state index contributed by atoms with van der Waals surface area (Å²) >= 11 is 0. The maximum absolute atomic E-state index is 5.36. The van der Waals surface area contributed by atoms with Gasteiger partial charge in [-0.25, -0.2) is 0 Å². The second-order valence-corrected chi connectivity index (χ2v) is 2.97. The molecule has 0 unspecified atom stereocenters. The normalized spacial score (nSPS) is 30.5. The molecule has 1 aliphatic rings. The molecular formula is C7H10N2O. The summed E-state index contributed by atoms with van der Waals surface area (Å²) in [5.41, 5.74) is 6.38. The summed E-state index contributed by atoms with van der Waals surface area (Å²) in [4.78, 5) is 0. The van der Waals surface area contributed by atoms with E-state index < -0.39 is 0 Å². The number of hydrogen-bond donors (Lipinski definition) is 1. The summed E-state index contributed by atoms with van der Waals surface area (Å²) in [6, 6.07) is 1.81. The summed E-state index contributed by atoms with van der Waals surface area (Å²) in [6.45, 7) is 2.20. The predicted octanol–water partition coefficient (Wildman–Crippen LogP) is 1.38. The Morgan fingerprint density at radius 3 is 2.90 bits per heavy atom. The van der Waals surface area contributed by atoms with Gasteiger partial charge in [-0.3, -0.25) is 0 Å². The number of hydrogen-bond acceptors (Lipinski definition) is 3. The van der Waals surface area contributed by atoms with E-state index in [1.165, 1.54) is 6.42 Å². The highest BCUT2D eigenvalue weighted by Gasteiger charge is 2.36. The van der Waals surface area contributed by atoms with Gasteiger partial charge in [0.25, 0.3) is 0 Å². The van der Waals surface area contributed by atoms with Gasteiger partial charge in [-0.15, -0.1) is 0 Å². The van der Waals surface area contributed by atoms with E-state index in [1.807, 2.05) is 6.07 Å². The Morgan fingerprint density at radius 2 is 2.50 bits per heavy atom. The number of nitrogen functional groups attached to an aromatic ring is 1. The van der Waals surface area contributed by atoms with Crippen LogP contribution in [0.2, 0.25) is 0 Å². The Kier molecular flexibility index (Phi) is 1.01. The minimum absolute atomic E-state index is 0.425. The quantitative estimate of drug-likeness (QED) is 0.637. The second-order valence-electron chi connectivity index (χ2n) is 2.97. The van der Waals surface area contributed by atoms with E-state index in [2.05, 4.69) is 12.1 Å². The Balaban J connectivity index is 2.20. The van der Waals surface area contributed by atoms with Crippen LogP contribution in [0.25, 0.3) is 0 Å². The maximum Gasteiger partial charge on any atom is 0.222 e. The first-order valence-electron chi connectivity index (χ1n) is 3.49. The fourth-order valence-corrected chi connectivity index (χ4v) is 1.21. The number of nitrogens with zero attached hydrogens (tertiary/aromatic N) is 1. The molecule has 3 heteroatoms. The molecule has 3 nitrogen and oxygen atoms in total. The van der Waals surface area contributed by atoms with Gasteiger partial charge in [0.2, 0.25) is 5.88 Å². The first-order valence-corrected chi connectivity index (χ1v) is 3.49. The van der Waals surface area contributed by atoms with E-state index in [0.29, 0.717) is 11.8 Å². The fraction of sp³-hybridized carbons (Fsp3) is 0.571. The molecule has 1 fully saturated rings. The summed E-state index contributed by atoms with van der Waals surface area (Å²) in [6.07, 6.45) is 1.23. The monoisotopic (exact) mass is 138 g/mol. The molecule has 2 atom stereocenters. The lowest BCUT2D eigenvalue weighted by Gasteiger charge is -1.82. The van der Waals surface area contributed by atoms with Crippen molar-refractivity contribution in [2.45, 2.75) is 19.3 Å². The molecule has 54 valence electrons. The minimum Gasteiger partial charge on any atom is -0.368 e. The molecule has 2 N–H and O–H groups in total. The lowest BCUT2D eigenvalue weighted by molar-refractivity contribution is 0.427. The Hall–Kier alpha value is -0.990. The molecule has 0 radical (unpaired) electrons. The summed E-state index contributed by atoms with van der Waals surface area (Å²) in [5, 5.41) is 3.83. The number of nitrogens with two attached hydrogens (primary N) is 1. The molecule has 1 saturated carbocycles. The molecule has 0 saturated heterocycles. The van der Waals surface area contributed by atoms with Gasteiger partial charge in [0, 0.05) is 12.0 Å². The fourth-order valence-electron chi connectivity index (χ4n) is 1.21. The predicted molar refractivity (Wildman–Crippen MR) is 37.4 cm³/mol.